The molecule has 4 nitrogen and oxygen atoms in total. The van der Waals surface area contributed by atoms with Gasteiger partial charge in [-0.15, -0.1) is 0 Å². The molecule has 0 saturated carbocycles. The molecular formula is C14H21ClN2O2. The third kappa shape index (κ3) is 5.09. The number of carbonyl (C=O) groups excluding carboxylic acids is 1. The number of halogens is 1. The summed E-state index contributed by atoms with van der Waals surface area (Å²) in [5, 5.41) is 3.28. The van der Waals surface area contributed by atoms with E-state index in [-0.39, 0.29) is 12.0 Å². The third-order valence-electron chi connectivity index (χ3n) is 2.77. The Hall–Kier alpha value is -1.26. The van der Waals surface area contributed by atoms with Crippen LogP contribution in [0.4, 0.5) is 11.4 Å². The lowest BCUT2D eigenvalue weighted by Crippen LogP contribution is -2.31. The van der Waals surface area contributed by atoms with E-state index < -0.39 is 6.10 Å². The number of rotatable bonds is 6. The van der Waals surface area contributed by atoms with Crippen LogP contribution in [0.5, 0.6) is 0 Å². The molecule has 0 spiro atoms. The Bertz CT molecular complexity index is 437. The number of hydrogen-bond acceptors (Lipinski definition) is 3. The predicted molar refractivity (Wildman–Crippen MR) is 79.4 cm³/mol. The molecular weight excluding hydrogens is 264 g/mol. The SMILES string of the molecule is CCCC(C)OC(C)C(=O)Nc1ccc(Cl)cc1N. The fraction of sp³-hybridized carbons (Fsp3) is 0.500. The van der Waals surface area contributed by atoms with Crippen LogP contribution in [0.3, 0.4) is 0 Å². The molecule has 0 aliphatic carbocycles. The smallest absolute Gasteiger partial charge is 0.253 e. The highest BCUT2D eigenvalue weighted by molar-refractivity contribution is 6.31. The van der Waals surface area contributed by atoms with Crippen molar-refractivity contribution < 1.29 is 9.53 Å². The first-order valence-corrected chi connectivity index (χ1v) is 6.83. The summed E-state index contributed by atoms with van der Waals surface area (Å²) in [7, 11) is 0. The Balaban J connectivity index is 2.58. The van der Waals surface area contributed by atoms with E-state index in [9.17, 15) is 4.79 Å². The largest absolute Gasteiger partial charge is 0.397 e. The normalized spacial score (nSPS) is 13.9. The number of nitrogens with one attached hydrogen (secondary N) is 1. The molecule has 0 radical (unpaired) electrons. The van der Waals surface area contributed by atoms with Crippen molar-refractivity contribution in [2.75, 3.05) is 11.1 Å². The number of benzene rings is 1. The number of amides is 1. The van der Waals surface area contributed by atoms with E-state index in [0.29, 0.717) is 16.4 Å². The van der Waals surface area contributed by atoms with Crippen molar-refractivity contribution in [1.82, 2.24) is 0 Å². The maximum absolute atomic E-state index is 12.0. The second-order valence-corrected chi connectivity index (χ2v) is 5.03. The lowest BCUT2D eigenvalue weighted by Gasteiger charge is -2.18. The zero-order valence-corrected chi connectivity index (χ0v) is 12.3. The molecule has 0 aromatic heterocycles. The molecule has 106 valence electrons. The highest BCUT2D eigenvalue weighted by atomic mass is 35.5. The summed E-state index contributed by atoms with van der Waals surface area (Å²) >= 11 is 5.80. The molecule has 1 aromatic carbocycles. The van der Waals surface area contributed by atoms with Crippen molar-refractivity contribution >= 4 is 28.9 Å². The molecule has 2 atom stereocenters. The molecule has 5 heteroatoms. The van der Waals surface area contributed by atoms with Crippen LogP contribution in [0, 0.1) is 0 Å². The summed E-state index contributed by atoms with van der Waals surface area (Å²) in [6, 6.07) is 4.96. The van der Waals surface area contributed by atoms with Crippen LogP contribution in [0.25, 0.3) is 0 Å². The number of carbonyl (C=O) groups is 1. The van der Waals surface area contributed by atoms with Crippen LogP contribution in [-0.2, 0) is 9.53 Å². The van der Waals surface area contributed by atoms with E-state index in [0.717, 1.165) is 12.8 Å². The number of nitrogen functional groups attached to an aromatic ring is 1. The van der Waals surface area contributed by atoms with Gasteiger partial charge in [-0.1, -0.05) is 24.9 Å². The Morgan fingerprint density at radius 3 is 2.74 bits per heavy atom. The first kappa shape index (κ1) is 15.8. The van der Waals surface area contributed by atoms with Gasteiger partial charge in [0.05, 0.1) is 17.5 Å². The maximum Gasteiger partial charge on any atom is 0.253 e. The molecule has 0 aliphatic rings. The minimum atomic E-state index is -0.517. The summed E-state index contributed by atoms with van der Waals surface area (Å²) < 4.78 is 5.61. The molecule has 1 rings (SSSR count). The first-order valence-electron chi connectivity index (χ1n) is 6.45. The average Bonchev–Trinajstić information content (AvgIpc) is 2.32. The molecule has 1 aromatic rings. The minimum absolute atomic E-state index is 0.0633. The Labute approximate surface area is 119 Å². The lowest BCUT2D eigenvalue weighted by molar-refractivity contribution is -0.129. The summed E-state index contributed by atoms with van der Waals surface area (Å²) in [5.74, 6) is -0.211. The first-order chi connectivity index (χ1) is 8.93. The van der Waals surface area contributed by atoms with Gasteiger partial charge in [0, 0.05) is 5.02 Å². The van der Waals surface area contributed by atoms with Gasteiger partial charge in [0.15, 0.2) is 0 Å². The Morgan fingerprint density at radius 1 is 1.47 bits per heavy atom. The quantitative estimate of drug-likeness (QED) is 0.786. The molecule has 1 amide bonds. The molecule has 3 N–H and O–H groups in total. The van der Waals surface area contributed by atoms with Gasteiger partial charge in [-0.3, -0.25) is 4.79 Å². The molecule has 0 fully saturated rings. The molecule has 0 aliphatic heterocycles. The highest BCUT2D eigenvalue weighted by Crippen LogP contribution is 2.23. The molecule has 0 saturated heterocycles. The fourth-order valence-corrected chi connectivity index (χ4v) is 1.95. The summed E-state index contributed by atoms with van der Waals surface area (Å²) in [4.78, 5) is 12.0. The number of anilines is 2. The van der Waals surface area contributed by atoms with Crippen molar-refractivity contribution in [2.24, 2.45) is 0 Å². The van der Waals surface area contributed by atoms with Crippen molar-refractivity contribution in [2.45, 2.75) is 45.8 Å². The number of nitrogens with two attached hydrogens (primary N) is 1. The topological polar surface area (TPSA) is 64.3 Å². The van der Waals surface area contributed by atoms with Gasteiger partial charge in [-0.05, 0) is 38.5 Å². The van der Waals surface area contributed by atoms with Crippen LogP contribution in [0.1, 0.15) is 33.6 Å². The predicted octanol–water partition coefficient (Wildman–Crippen LogP) is 3.45. The third-order valence-corrected chi connectivity index (χ3v) is 3.01. The van der Waals surface area contributed by atoms with E-state index in [1.165, 1.54) is 0 Å². The maximum atomic E-state index is 12.0. The van der Waals surface area contributed by atoms with Gasteiger partial charge in [0.25, 0.3) is 5.91 Å². The van der Waals surface area contributed by atoms with Gasteiger partial charge in [0.1, 0.15) is 6.10 Å². The zero-order valence-electron chi connectivity index (χ0n) is 11.6. The van der Waals surface area contributed by atoms with E-state index in [1.54, 1.807) is 25.1 Å². The molecule has 2 unspecified atom stereocenters. The average molecular weight is 285 g/mol. The Morgan fingerprint density at radius 2 is 2.16 bits per heavy atom. The summed E-state index contributed by atoms with van der Waals surface area (Å²) in [5.41, 5.74) is 6.77. The van der Waals surface area contributed by atoms with Gasteiger partial charge in [-0.25, -0.2) is 0 Å². The number of hydrogen-bond donors (Lipinski definition) is 2. The molecule has 0 bridgehead atoms. The van der Waals surface area contributed by atoms with Gasteiger partial charge >= 0.3 is 0 Å². The van der Waals surface area contributed by atoms with Crippen molar-refractivity contribution in [3.8, 4) is 0 Å². The fourth-order valence-electron chi connectivity index (χ4n) is 1.77. The Kier molecular flexibility index (Phi) is 6.12. The van der Waals surface area contributed by atoms with E-state index in [4.69, 9.17) is 22.1 Å². The van der Waals surface area contributed by atoms with Crippen LogP contribution in [0.2, 0.25) is 5.02 Å². The zero-order chi connectivity index (χ0) is 14.4. The standard InChI is InChI=1S/C14H21ClN2O2/c1-4-5-9(2)19-10(3)14(18)17-13-7-6-11(15)8-12(13)16/h6-10H,4-5,16H2,1-3H3,(H,17,18). The van der Waals surface area contributed by atoms with Crippen LogP contribution in [0.15, 0.2) is 18.2 Å². The van der Waals surface area contributed by atoms with Crippen molar-refractivity contribution in [3.63, 3.8) is 0 Å². The van der Waals surface area contributed by atoms with Gasteiger partial charge < -0.3 is 15.8 Å². The highest BCUT2D eigenvalue weighted by Gasteiger charge is 2.17. The molecule has 0 heterocycles. The second kappa shape index (κ2) is 7.36. The van der Waals surface area contributed by atoms with E-state index in [1.807, 2.05) is 6.92 Å². The van der Waals surface area contributed by atoms with Gasteiger partial charge in [-0.2, -0.15) is 0 Å². The second-order valence-electron chi connectivity index (χ2n) is 4.60. The monoisotopic (exact) mass is 284 g/mol. The number of ether oxygens (including phenoxy) is 1. The molecule has 19 heavy (non-hydrogen) atoms. The summed E-state index contributed by atoms with van der Waals surface area (Å²) in [6.45, 7) is 5.77. The lowest BCUT2D eigenvalue weighted by atomic mass is 10.2. The van der Waals surface area contributed by atoms with Gasteiger partial charge in [0.2, 0.25) is 0 Å². The van der Waals surface area contributed by atoms with E-state index in [2.05, 4.69) is 12.2 Å². The van der Waals surface area contributed by atoms with Crippen LogP contribution >= 0.6 is 11.6 Å². The minimum Gasteiger partial charge on any atom is -0.397 e. The van der Waals surface area contributed by atoms with E-state index >= 15 is 0 Å². The van der Waals surface area contributed by atoms with Crippen LogP contribution < -0.4 is 11.1 Å². The van der Waals surface area contributed by atoms with Crippen molar-refractivity contribution in [1.29, 1.82) is 0 Å². The van der Waals surface area contributed by atoms with Crippen LogP contribution in [-0.4, -0.2) is 18.1 Å². The van der Waals surface area contributed by atoms with Crippen molar-refractivity contribution in [3.05, 3.63) is 23.2 Å². The summed E-state index contributed by atoms with van der Waals surface area (Å²) in [6.07, 6.45) is 1.50.